The molecule has 0 aliphatic carbocycles. The lowest BCUT2D eigenvalue weighted by molar-refractivity contribution is 0.570. The Morgan fingerprint density at radius 1 is 0.857 bits per heavy atom. The normalized spacial score (nSPS) is 13.3. The number of aromatic nitrogens is 3. The Balaban J connectivity index is 1.51. The van der Waals surface area contributed by atoms with Crippen LogP contribution in [0.1, 0.15) is 5.76 Å². The van der Waals surface area contributed by atoms with Crippen molar-refractivity contribution in [2.75, 3.05) is 5.75 Å². The molecule has 138 valence electrons. The molecule has 2 aromatic heterocycles. The maximum atomic E-state index is 6.12. The van der Waals surface area contributed by atoms with Gasteiger partial charge >= 0.3 is 0 Å². The summed E-state index contributed by atoms with van der Waals surface area (Å²) in [5.41, 5.74) is 2.64. The van der Waals surface area contributed by atoms with Crippen molar-refractivity contribution in [3.8, 4) is 22.7 Å². The first-order valence-corrected chi connectivity index (χ1v) is 10.2. The zero-order valence-electron chi connectivity index (χ0n) is 14.3. The summed E-state index contributed by atoms with van der Waals surface area (Å²) in [7, 11) is 0. The lowest BCUT2D eigenvalue weighted by atomic mass is 10.2. The summed E-state index contributed by atoms with van der Waals surface area (Å²) in [5.74, 6) is 2.77. The zero-order valence-corrected chi connectivity index (χ0v) is 16.7. The first-order chi connectivity index (χ1) is 13.7. The minimum Gasteiger partial charge on any atom is -0.455 e. The van der Waals surface area contributed by atoms with Gasteiger partial charge in [-0.15, -0.1) is 10.2 Å². The van der Waals surface area contributed by atoms with E-state index in [4.69, 9.17) is 32.7 Å². The molecule has 0 saturated carbocycles. The van der Waals surface area contributed by atoms with Crippen molar-refractivity contribution in [1.82, 2.24) is 14.9 Å². The van der Waals surface area contributed by atoms with Gasteiger partial charge in [-0.1, -0.05) is 65.3 Å². The summed E-state index contributed by atoms with van der Waals surface area (Å²) >= 11 is 13.7. The molecule has 1 aliphatic heterocycles. The molecule has 4 aromatic rings. The molecule has 0 N–H and O–H groups in total. The van der Waals surface area contributed by atoms with Crippen LogP contribution in [0.4, 0.5) is 0 Å². The van der Waals surface area contributed by atoms with E-state index in [1.165, 1.54) is 0 Å². The molecule has 28 heavy (non-hydrogen) atoms. The van der Waals surface area contributed by atoms with Crippen LogP contribution in [0.15, 0.2) is 75.3 Å². The third-order valence-electron chi connectivity index (χ3n) is 4.30. The van der Waals surface area contributed by atoms with Crippen LogP contribution in [0, 0.1) is 0 Å². The molecule has 0 atom stereocenters. The fraction of sp³-hybridized carbons (Fsp3) is 0.0500. The standard InChI is InChI=1S/C20H12Cl2N4OS/c21-14-7-6-13(10-15(14)22)17-8-9-18(27-17)16-11-28-20-24-23-19(26(20)25-16)12-4-2-1-3-5-12/h1-10H,11H2. The topological polar surface area (TPSA) is 56.2 Å². The Hall–Kier alpha value is -2.54. The molecule has 0 bridgehead atoms. The molecule has 0 unspecified atom stereocenters. The Morgan fingerprint density at radius 2 is 1.68 bits per heavy atom. The number of fused-ring (bicyclic) bond motifs is 1. The fourth-order valence-electron chi connectivity index (χ4n) is 2.91. The van der Waals surface area contributed by atoms with E-state index in [-0.39, 0.29) is 0 Å². The van der Waals surface area contributed by atoms with Crippen LogP contribution in [0.5, 0.6) is 0 Å². The van der Waals surface area contributed by atoms with E-state index in [9.17, 15) is 0 Å². The lowest BCUT2D eigenvalue weighted by Gasteiger charge is -2.12. The predicted octanol–water partition coefficient (Wildman–Crippen LogP) is 5.87. The van der Waals surface area contributed by atoms with Gasteiger partial charge in [0.05, 0.1) is 10.0 Å². The Kier molecular flexibility index (Phi) is 4.47. The molecule has 0 fully saturated rings. The van der Waals surface area contributed by atoms with Gasteiger partial charge in [-0.05, 0) is 30.3 Å². The van der Waals surface area contributed by atoms with Crippen molar-refractivity contribution in [3.05, 3.63) is 76.5 Å². The van der Waals surface area contributed by atoms with Gasteiger partial charge in [0.15, 0.2) is 11.6 Å². The summed E-state index contributed by atoms with van der Waals surface area (Å²) in [6, 6.07) is 19.1. The number of halogens is 2. The quantitative estimate of drug-likeness (QED) is 0.410. The number of rotatable bonds is 3. The molecule has 0 saturated heterocycles. The second kappa shape index (κ2) is 7.13. The van der Waals surface area contributed by atoms with Crippen molar-refractivity contribution in [2.45, 2.75) is 5.16 Å². The van der Waals surface area contributed by atoms with Gasteiger partial charge in [0.25, 0.3) is 0 Å². The number of furan rings is 1. The Labute approximate surface area is 175 Å². The second-order valence-corrected chi connectivity index (χ2v) is 7.87. The van der Waals surface area contributed by atoms with Gasteiger partial charge in [0.2, 0.25) is 5.16 Å². The van der Waals surface area contributed by atoms with Crippen molar-refractivity contribution < 1.29 is 4.42 Å². The van der Waals surface area contributed by atoms with Gasteiger partial charge in [0.1, 0.15) is 11.5 Å². The van der Waals surface area contributed by atoms with E-state index >= 15 is 0 Å². The monoisotopic (exact) mass is 426 g/mol. The first kappa shape index (κ1) is 17.6. The molecular formula is C20H12Cl2N4OS. The van der Waals surface area contributed by atoms with Gasteiger partial charge in [-0.3, -0.25) is 0 Å². The molecule has 8 heteroatoms. The molecule has 1 aliphatic rings. The minimum atomic E-state index is 0.490. The van der Waals surface area contributed by atoms with Gasteiger partial charge < -0.3 is 4.42 Å². The van der Waals surface area contributed by atoms with Crippen LogP contribution in [0.25, 0.3) is 22.7 Å². The maximum absolute atomic E-state index is 6.12. The van der Waals surface area contributed by atoms with Crippen molar-refractivity contribution in [2.24, 2.45) is 5.10 Å². The van der Waals surface area contributed by atoms with Crippen LogP contribution >= 0.6 is 35.0 Å². The van der Waals surface area contributed by atoms with E-state index in [2.05, 4.69) is 10.2 Å². The fourth-order valence-corrected chi connectivity index (χ4v) is 4.03. The predicted molar refractivity (Wildman–Crippen MR) is 112 cm³/mol. The molecule has 0 amide bonds. The third kappa shape index (κ3) is 3.13. The van der Waals surface area contributed by atoms with Gasteiger partial charge in [-0.25, -0.2) is 0 Å². The maximum Gasteiger partial charge on any atom is 0.212 e. The minimum absolute atomic E-state index is 0.490. The van der Waals surface area contributed by atoms with Crippen LogP contribution in [0.2, 0.25) is 10.0 Å². The highest BCUT2D eigenvalue weighted by Crippen LogP contribution is 2.32. The zero-order chi connectivity index (χ0) is 19.1. The number of hydrogen-bond donors (Lipinski definition) is 0. The van der Waals surface area contributed by atoms with Gasteiger partial charge in [-0.2, -0.15) is 9.78 Å². The highest BCUT2D eigenvalue weighted by Gasteiger charge is 2.22. The number of thioether (sulfide) groups is 1. The summed E-state index contributed by atoms with van der Waals surface area (Å²) in [4.78, 5) is 0. The molecule has 3 heterocycles. The lowest BCUT2D eigenvalue weighted by Crippen LogP contribution is -2.13. The van der Waals surface area contributed by atoms with Crippen LogP contribution in [0.3, 0.4) is 0 Å². The van der Waals surface area contributed by atoms with E-state index < -0.39 is 0 Å². The summed E-state index contributed by atoms with van der Waals surface area (Å²) in [6.45, 7) is 0. The van der Waals surface area contributed by atoms with Crippen molar-refractivity contribution in [3.63, 3.8) is 0 Å². The summed E-state index contributed by atoms with van der Waals surface area (Å²) in [6.07, 6.45) is 0. The first-order valence-electron chi connectivity index (χ1n) is 8.46. The van der Waals surface area contributed by atoms with E-state index in [1.54, 1.807) is 28.6 Å². The average Bonchev–Trinajstić information content (AvgIpc) is 3.37. The Bertz CT molecular complexity index is 1200. The van der Waals surface area contributed by atoms with Crippen LogP contribution in [-0.4, -0.2) is 26.3 Å². The highest BCUT2D eigenvalue weighted by atomic mass is 35.5. The van der Waals surface area contributed by atoms with E-state index in [1.807, 2.05) is 48.5 Å². The number of hydrogen-bond acceptors (Lipinski definition) is 5. The second-order valence-electron chi connectivity index (χ2n) is 6.11. The molecule has 0 radical (unpaired) electrons. The van der Waals surface area contributed by atoms with E-state index in [0.717, 1.165) is 22.0 Å². The summed E-state index contributed by atoms with van der Waals surface area (Å²) < 4.78 is 7.81. The number of benzene rings is 2. The van der Waals surface area contributed by atoms with Crippen LogP contribution < -0.4 is 0 Å². The molecule has 0 spiro atoms. The van der Waals surface area contributed by atoms with Crippen molar-refractivity contribution in [1.29, 1.82) is 0 Å². The third-order valence-corrected chi connectivity index (χ3v) is 5.97. The van der Waals surface area contributed by atoms with E-state index in [0.29, 0.717) is 33.1 Å². The molecule has 5 nitrogen and oxygen atoms in total. The SMILES string of the molecule is Clc1ccc(-c2ccc(C3=Nn4c(nnc4-c4ccccc4)SC3)o2)cc1Cl. The average molecular weight is 427 g/mol. The number of nitrogens with zero attached hydrogens (tertiary/aromatic N) is 4. The van der Waals surface area contributed by atoms with Crippen molar-refractivity contribution >= 4 is 40.7 Å². The summed E-state index contributed by atoms with van der Waals surface area (Å²) in [5, 5.41) is 15.0. The largest absolute Gasteiger partial charge is 0.455 e. The van der Waals surface area contributed by atoms with Crippen LogP contribution in [-0.2, 0) is 0 Å². The molecule has 2 aromatic carbocycles. The smallest absolute Gasteiger partial charge is 0.212 e. The van der Waals surface area contributed by atoms with Gasteiger partial charge in [0, 0.05) is 16.9 Å². The highest BCUT2D eigenvalue weighted by molar-refractivity contribution is 7.99. The Morgan fingerprint density at radius 3 is 2.50 bits per heavy atom. The molecular weight excluding hydrogens is 415 g/mol. The molecule has 5 rings (SSSR count).